The number of nitrogens with one attached hydrogen (secondary N) is 1. The van der Waals surface area contributed by atoms with Gasteiger partial charge in [-0.15, -0.1) is 0 Å². The number of nitrogens with zero attached hydrogens (tertiary/aromatic N) is 1. The molecule has 1 heterocycles. The number of amides is 3. The zero-order valence-electron chi connectivity index (χ0n) is 9.98. The van der Waals surface area contributed by atoms with Gasteiger partial charge in [0.2, 0.25) is 0 Å². The van der Waals surface area contributed by atoms with Crippen molar-refractivity contribution in [3.63, 3.8) is 0 Å². The molecule has 1 unspecified atom stereocenters. The average Bonchev–Trinajstić information content (AvgIpc) is 2.55. The maximum atomic E-state index is 12.0. The summed E-state index contributed by atoms with van der Waals surface area (Å²) in [5, 5.41) is 2.68. The molecule has 1 aromatic carbocycles. The van der Waals surface area contributed by atoms with Gasteiger partial charge in [-0.25, -0.2) is 4.79 Å². The summed E-state index contributed by atoms with van der Waals surface area (Å²) in [7, 11) is 3.04. The van der Waals surface area contributed by atoms with E-state index in [-0.39, 0.29) is 11.9 Å². The third kappa shape index (κ3) is 1.63. The van der Waals surface area contributed by atoms with Gasteiger partial charge in [0.1, 0.15) is 11.3 Å². The molecule has 0 bridgehead atoms. The number of hydrogen-bond donors (Lipinski definition) is 1. The molecule has 90 valence electrons. The number of likely N-dealkylation sites (N-methyl/N-ethyl adjacent to an activating group) is 1. The largest absolute Gasteiger partial charge is 0.497 e. The fourth-order valence-electron chi connectivity index (χ4n) is 1.90. The molecule has 1 aliphatic rings. The Labute approximate surface area is 99.4 Å². The van der Waals surface area contributed by atoms with Gasteiger partial charge in [-0.05, 0) is 24.6 Å². The van der Waals surface area contributed by atoms with Crippen LogP contribution in [0.25, 0.3) is 0 Å². The van der Waals surface area contributed by atoms with Crippen molar-refractivity contribution in [3.8, 4) is 5.75 Å². The van der Waals surface area contributed by atoms with E-state index in [1.807, 2.05) is 0 Å². The molecule has 1 fully saturated rings. The molecule has 1 N–H and O–H groups in total. The van der Waals surface area contributed by atoms with Crippen molar-refractivity contribution in [1.29, 1.82) is 0 Å². The minimum absolute atomic E-state index is 0.257. The van der Waals surface area contributed by atoms with Crippen molar-refractivity contribution in [3.05, 3.63) is 29.8 Å². The lowest BCUT2D eigenvalue weighted by atomic mass is 9.92. The number of rotatable bonds is 2. The Balaban J connectivity index is 2.38. The van der Waals surface area contributed by atoms with Crippen LogP contribution in [-0.4, -0.2) is 31.0 Å². The van der Waals surface area contributed by atoms with Gasteiger partial charge in [0.15, 0.2) is 0 Å². The van der Waals surface area contributed by atoms with Crippen molar-refractivity contribution in [1.82, 2.24) is 10.2 Å². The molecule has 0 spiro atoms. The summed E-state index contributed by atoms with van der Waals surface area (Å²) in [6.45, 7) is 1.69. The third-order valence-electron chi connectivity index (χ3n) is 3.06. The Kier molecular flexibility index (Phi) is 2.53. The highest BCUT2D eigenvalue weighted by atomic mass is 16.5. The molecule has 1 aromatic rings. The first kappa shape index (κ1) is 11.4. The van der Waals surface area contributed by atoms with Gasteiger partial charge in [-0.1, -0.05) is 12.1 Å². The normalized spacial score (nSPS) is 23.8. The molecule has 17 heavy (non-hydrogen) atoms. The second kappa shape index (κ2) is 3.76. The number of benzene rings is 1. The van der Waals surface area contributed by atoms with Gasteiger partial charge in [0.25, 0.3) is 5.91 Å². The van der Waals surface area contributed by atoms with Crippen molar-refractivity contribution in [2.75, 3.05) is 14.2 Å². The van der Waals surface area contributed by atoms with Crippen molar-refractivity contribution in [2.45, 2.75) is 12.5 Å². The van der Waals surface area contributed by atoms with E-state index in [9.17, 15) is 9.59 Å². The Morgan fingerprint density at radius 2 is 1.82 bits per heavy atom. The van der Waals surface area contributed by atoms with E-state index < -0.39 is 5.54 Å². The van der Waals surface area contributed by atoms with Gasteiger partial charge in [0.05, 0.1) is 7.11 Å². The molecule has 5 nitrogen and oxygen atoms in total. The summed E-state index contributed by atoms with van der Waals surface area (Å²) in [6.07, 6.45) is 0. The number of hydrogen-bond acceptors (Lipinski definition) is 3. The topological polar surface area (TPSA) is 58.6 Å². The van der Waals surface area contributed by atoms with Gasteiger partial charge in [0, 0.05) is 7.05 Å². The quantitative estimate of drug-likeness (QED) is 0.779. The molecule has 1 saturated heterocycles. The molecular weight excluding hydrogens is 220 g/mol. The molecule has 0 aliphatic carbocycles. The lowest BCUT2D eigenvalue weighted by Crippen LogP contribution is -2.40. The highest BCUT2D eigenvalue weighted by Crippen LogP contribution is 2.29. The summed E-state index contributed by atoms with van der Waals surface area (Å²) in [5.41, 5.74) is -0.251. The zero-order chi connectivity index (χ0) is 12.6. The molecule has 2 rings (SSSR count). The predicted octanol–water partition coefficient (Wildman–Crippen LogP) is 1.09. The maximum absolute atomic E-state index is 12.0. The van der Waals surface area contributed by atoms with Gasteiger partial charge in [-0.2, -0.15) is 0 Å². The summed E-state index contributed by atoms with van der Waals surface area (Å²) >= 11 is 0. The van der Waals surface area contributed by atoms with Crippen LogP contribution in [0.15, 0.2) is 24.3 Å². The Morgan fingerprint density at radius 1 is 1.24 bits per heavy atom. The third-order valence-corrected chi connectivity index (χ3v) is 3.06. The second-order valence-corrected chi connectivity index (χ2v) is 4.15. The number of carbonyl (C=O) groups excluding carboxylic acids is 2. The van der Waals surface area contributed by atoms with Gasteiger partial charge in [-0.3, -0.25) is 9.69 Å². The number of methoxy groups -OCH3 is 1. The van der Waals surface area contributed by atoms with Crippen LogP contribution in [0.2, 0.25) is 0 Å². The monoisotopic (exact) mass is 234 g/mol. The first-order chi connectivity index (χ1) is 7.99. The molecule has 5 heteroatoms. The minimum Gasteiger partial charge on any atom is -0.497 e. The molecule has 0 saturated carbocycles. The lowest BCUT2D eigenvalue weighted by Gasteiger charge is -2.21. The summed E-state index contributed by atoms with van der Waals surface area (Å²) < 4.78 is 5.05. The summed E-state index contributed by atoms with van der Waals surface area (Å²) in [4.78, 5) is 24.6. The Bertz CT molecular complexity index is 469. The van der Waals surface area contributed by atoms with E-state index >= 15 is 0 Å². The average molecular weight is 234 g/mol. The number of ether oxygens (including phenoxy) is 1. The first-order valence-electron chi connectivity index (χ1n) is 5.24. The summed E-state index contributed by atoms with van der Waals surface area (Å²) in [6, 6.07) is 6.69. The van der Waals surface area contributed by atoms with Gasteiger partial charge >= 0.3 is 6.03 Å². The van der Waals surface area contributed by atoms with E-state index in [2.05, 4.69) is 5.32 Å². The predicted molar refractivity (Wildman–Crippen MR) is 61.6 cm³/mol. The van der Waals surface area contributed by atoms with Crippen molar-refractivity contribution in [2.24, 2.45) is 0 Å². The first-order valence-corrected chi connectivity index (χ1v) is 5.24. The van der Waals surface area contributed by atoms with Crippen LogP contribution in [0.4, 0.5) is 4.79 Å². The van der Waals surface area contributed by atoms with E-state index in [4.69, 9.17) is 4.74 Å². The smallest absolute Gasteiger partial charge is 0.325 e. The van der Waals surface area contributed by atoms with Crippen LogP contribution in [0.5, 0.6) is 5.75 Å². The number of imide groups is 1. The Hall–Kier alpha value is -2.04. The molecular formula is C12H14N2O3. The minimum atomic E-state index is -0.988. The SMILES string of the molecule is COc1ccc(C2(C)NC(=O)N(C)C2=O)cc1. The number of carbonyl (C=O) groups is 2. The molecule has 1 atom stereocenters. The lowest BCUT2D eigenvalue weighted by molar-refractivity contribution is -0.130. The maximum Gasteiger partial charge on any atom is 0.325 e. The highest BCUT2D eigenvalue weighted by molar-refractivity contribution is 6.06. The van der Waals surface area contributed by atoms with Crippen LogP contribution >= 0.6 is 0 Å². The van der Waals surface area contributed by atoms with Crippen molar-refractivity contribution >= 4 is 11.9 Å². The molecule has 1 aliphatic heterocycles. The fraction of sp³-hybridized carbons (Fsp3) is 0.333. The van der Waals surface area contributed by atoms with E-state index in [0.717, 1.165) is 10.5 Å². The highest BCUT2D eigenvalue weighted by Gasteiger charge is 2.47. The fourth-order valence-corrected chi connectivity index (χ4v) is 1.90. The van der Waals surface area contributed by atoms with Gasteiger partial charge < -0.3 is 10.1 Å². The van der Waals surface area contributed by atoms with Crippen LogP contribution in [-0.2, 0) is 10.3 Å². The molecule has 3 amide bonds. The van der Waals surface area contributed by atoms with Crippen molar-refractivity contribution < 1.29 is 14.3 Å². The van der Waals surface area contributed by atoms with Crippen LogP contribution < -0.4 is 10.1 Å². The number of urea groups is 1. The zero-order valence-corrected chi connectivity index (χ0v) is 9.98. The van der Waals surface area contributed by atoms with E-state index in [1.165, 1.54) is 7.05 Å². The second-order valence-electron chi connectivity index (χ2n) is 4.15. The van der Waals surface area contributed by atoms with Crippen LogP contribution in [0.3, 0.4) is 0 Å². The summed E-state index contributed by atoms with van der Waals surface area (Å²) in [5.74, 6) is 0.454. The Morgan fingerprint density at radius 3 is 2.24 bits per heavy atom. The molecule has 0 aromatic heterocycles. The standard InChI is InChI=1S/C12H14N2O3/c1-12(10(15)14(2)11(16)13-12)8-4-6-9(17-3)7-5-8/h4-7H,1-3H3,(H,13,16). The van der Waals surface area contributed by atoms with E-state index in [0.29, 0.717) is 5.75 Å². The van der Waals surface area contributed by atoms with Crippen LogP contribution in [0, 0.1) is 0 Å². The van der Waals surface area contributed by atoms with Crippen LogP contribution in [0.1, 0.15) is 12.5 Å². The molecule has 0 radical (unpaired) electrons. The van der Waals surface area contributed by atoms with E-state index in [1.54, 1.807) is 38.3 Å².